The Labute approximate surface area is 96.6 Å². The molecule has 4 heteroatoms. The van der Waals surface area contributed by atoms with Crippen LogP contribution in [0.3, 0.4) is 0 Å². The monoisotopic (exact) mass is 227 g/mol. The van der Waals surface area contributed by atoms with Crippen LogP contribution >= 0.6 is 0 Å². The predicted octanol–water partition coefficient (Wildman–Crippen LogP) is 1.35. The van der Waals surface area contributed by atoms with Crippen molar-refractivity contribution in [1.82, 2.24) is 4.90 Å². The summed E-state index contributed by atoms with van der Waals surface area (Å²) >= 11 is 0. The van der Waals surface area contributed by atoms with E-state index in [4.69, 9.17) is 9.84 Å². The van der Waals surface area contributed by atoms with E-state index in [1.807, 2.05) is 0 Å². The van der Waals surface area contributed by atoms with Gasteiger partial charge in [0.2, 0.25) is 0 Å². The first-order chi connectivity index (χ1) is 7.70. The van der Waals surface area contributed by atoms with Crippen molar-refractivity contribution < 1.29 is 14.6 Å². The summed E-state index contributed by atoms with van der Waals surface area (Å²) in [6.07, 6.45) is 4.92. The number of rotatable bonds is 4. The zero-order valence-electron chi connectivity index (χ0n) is 9.78. The lowest BCUT2D eigenvalue weighted by Crippen LogP contribution is -2.43. The molecule has 1 heterocycles. The van der Waals surface area contributed by atoms with Crippen LogP contribution in [0.4, 0.5) is 0 Å². The molecule has 1 N–H and O–H groups in total. The van der Waals surface area contributed by atoms with Gasteiger partial charge in [-0.1, -0.05) is 6.42 Å². The van der Waals surface area contributed by atoms with E-state index < -0.39 is 5.97 Å². The minimum Gasteiger partial charge on any atom is -0.481 e. The molecule has 0 radical (unpaired) electrons. The second-order valence-electron chi connectivity index (χ2n) is 5.18. The Kier molecular flexibility index (Phi) is 3.82. The number of carboxylic acids is 1. The number of ether oxygens (including phenoxy) is 1. The van der Waals surface area contributed by atoms with Gasteiger partial charge in [0.1, 0.15) is 0 Å². The third kappa shape index (κ3) is 2.95. The highest BCUT2D eigenvalue weighted by atomic mass is 16.5. The maximum Gasteiger partial charge on any atom is 0.303 e. The molecule has 1 aliphatic carbocycles. The van der Waals surface area contributed by atoms with Gasteiger partial charge in [0, 0.05) is 24.9 Å². The van der Waals surface area contributed by atoms with Gasteiger partial charge in [0.15, 0.2) is 0 Å². The lowest BCUT2D eigenvalue weighted by atomic mass is 9.69. The van der Waals surface area contributed by atoms with Crippen LogP contribution in [0, 0.1) is 5.41 Å². The Hall–Kier alpha value is -0.610. The molecule has 0 unspecified atom stereocenters. The zero-order chi connectivity index (χ0) is 11.4. The van der Waals surface area contributed by atoms with Gasteiger partial charge in [-0.3, -0.25) is 4.79 Å². The fourth-order valence-corrected chi connectivity index (χ4v) is 2.71. The summed E-state index contributed by atoms with van der Waals surface area (Å²) in [7, 11) is 0. The Morgan fingerprint density at radius 2 is 2.25 bits per heavy atom. The third-order valence-electron chi connectivity index (χ3n) is 3.80. The first-order valence-corrected chi connectivity index (χ1v) is 6.22. The van der Waals surface area contributed by atoms with Crippen molar-refractivity contribution in [3.8, 4) is 0 Å². The van der Waals surface area contributed by atoms with Crippen molar-refractivity contribution in [2.75, 3.05) is 32.8 Å². The fourth-order valence-electron chi connectivity index (χ4n) is 2.71. The average molecular weight is 227 g/mol. The molecule has 0 aromatic carbocycles. The molecule has 1 saturated heterocycles. The van der Waals surface area contributed by atoms with Gasteiger partial charge in [-0.25, -0.2) is 0 Å². The number of nitrogens with zero attached hydrogens (tertiary/aromatic N) is 1. The lowest BCUT2D eigenvalue weighted by molar-refractivity contribution is -0.137. The highest BCUT2D eigenvalue weighted by Crippen LogP contribution is 2.42. The summed E-state index contributed by atoms with van der Waals surface area (Å²) in [5, 5.41) is 8.62. The molecule has 1 spiro atoms. The van der Waals surface area contributed by atoms with Gasteiger partial charge in [0.05, 0.1) is 13.2 Å². The normalized spacial score (nSPS) is 25.0. The minimum absolute atomic E-state index is 0.282. The van der Waals surface area contributed by atoms with Gasteiger partial charge >= 0.3 is 5.97 Å². The van der Waals surface area contributed by atoms with Crippen LogP contribution < -0.4 is 0 Å². The van der Waals surface area contributed by atoms with Crippen molar-refractivity contribution in [1.29, 1.82) is 0 Å². The molecule has 2 aliphatic rings. The highest BCUT2D eigenvalue weighted by molar-refractivity contribution is 5.66. The molecule has 0 amide bonds. The topological polar surface area (TPSA) is 49.8 Å². The molecule has 1 saturated carbocycles. The van der Waals surface area contributed by atoms with E-state index in [0.29, 0.717) is 5.41 Å². The van der Waals surface area contributed by atoms with E-state index in [-0.39, 0.29) is 6.42 Å². The van der Waals surface area contributed by atoms with E-state index in [1.54, 1.807) is 0 Å². The summed E-state index contributed by atoms with van der Waals surface area (Å²) in [5.41, 5.74) is 0.403. The quantitative estimate of drug-likeness (QED) is 0.787. The van der Waals surface area contributed by atoms with Crippen LogP contribution in [0.25, 0.3) is 0 Å². The molecule has 2 rings (SSSR count). The highest BCUT2D eigenvalue weighted by Gasteiger charge is 2.39. The summed E-state index contributed by atoms with van der Waals surface area (Å²) in [6.45, 7) is 4.67. The van der Waals surface area contributed by atoms with Crippen LogP contribution in [0.1, 0.15) is 32.1 Å². The van der Waals surface area contributed by atoms with Crippen LogP contribution in [-0.2, 0) is 9.53 Å². The first-order valence-electron chi connectivity index (χ1n) is 6.22. The maximum absolute atomic E-state index is 10.5. The standard InChI is InChI=1S/C12H21NO3/c14-11(15)3-1-6-13-7-8-16-10-12(9-13)4-2-5-12/h1-10H2,(H,14,15). The van der Waals surface area contributed by atoms with E-state index >= 15 is 0 Å². The molecule has 2 fully saturated rings. The second kappa shape index (κ2) is 5.15. The van der Waals surface area contributed by atoms with E-state index in [9.17, 15) is 4.79 Å². The second-order valence-corrected chi connectivity index (χ2v) is 5.18. The molecule has 4 nitrogen and oxygen atoms in total. The molecule has 0 bridgehead atoms. The molecule has 92 valence electrons. The van der Waals surface area contributed by atoms with Crippen molar-refractivity contribution >= 4 is 5.97 Å². The molecular formula is C12H21NO3. The van der Waals surface area contributed by atoms with Gasteiger partial charge in [-0.15, -0.1) is 0 Å². The molecule has 1 aliphatic heterocycles. The third-order valence-corrected chi connectivity index (χ3v) is 3.80. The average Bonchev–Trinajstić information content (AvgIpc) is 2.39. The van der Waals surface area contributed by atoms with Crippen molar-refractivity contribution in [2.24, 2.45) is 5.41 Å². The zero-order valence-corrected chi connectivity index (χ0v) is 9.78. The van der Waals surface area contributed by atoms with E-state index in [2.05, 4.69) is 4.90 Å². The van der Waals surface area contributed by atoms with Crippen LogP contribution in [0.15, 0.2) is 0 Å². The van der Waals surface area contributed by atoms with Gasteiger partial charge in [-0.05, 0) is 25.8 Å². The van der Waals surface area contributed by atoms with Gasteiger partial charge in [0.25, 0.3) is 0 Å². The molecular weight excluding hydrogens is 206 g/mol. The minimum atomic E-state index is -0.690. The van der Waals surface area contributed by atoms with E-state index in [1.165, 1.54) is 19.3 Å². The van der Waals surface area contributed by atoms with Crippen molar-refractivity contribution in [2.45, 2.75) is 32.1 Å². The van der Waals surface area contributed by atoms with Crippen LogP contribution in [-0.4, -0.2) is 48.8 Å². The molecule has 0 aromatic rings. The number of hydrogen-bond donors (Lipinski definition) is 1. The Balaban J connectivity index is 1.77. The summed E-state index contributed by atoms with van der Waals surface area (Å²) in [5.74, 6) is -0.690. The largest absolute Gasteiger partial charge is 0.481 e. The van der Waals surface area contributed by atoms with E-state index in [0.717, 1.165) is 39.3 Å². The van der Waals surface area contributed by atoms with Crippen LogP contribution in [0.5, 0.6) is 0 Å². The summed E-state index contributed by atoms with van der Waals surface area (Å²) in [6, 6.07) is 0. The summed E-state index contributed by atoms with van der Waals surface area (Å²) < 4.78 is 5.65. The van der Waals surface area contributed by atoms with Crippen LogP contribution in [0.2, 0.25) is 0 Å². The molecule has 0 aromatic heterocycles. The summed E-state index contributed by atoms with van der Waals surface area (Å²) in [4.78, 5) is 12.8. The number of aliphatic carboxylic acids is 1. The SMILES string of the molecule is O=C(O)CCCN1CCOCC2(CCC2)C1. The molecule has 0 atom stereocenters. The first kappa shape index (κ1) is 11.9. The lowest BCUT2D eigenvalue weighted by Gasteiger charge is -2.42. The van der Waals surface area contributed by atoms with Crippen molar-refractivity contribution in [3.05, 3.63) is 0 Å². The Morgan fingerprint density at radius 1 is 1.44 bits per heavy atom. The maximum atomic E-state index is 10.5. The van der Waals surface area contributed by atoms with Gasteiger partial charge in [-0.2, -0.15) is 0 Å². The van der Waals surface area contributed by atoms with Gasteiger partial charge < -0.3 is 14.7 Å². The Bertz CT molecular complexity index is 251. The van der Waals surface area contributed by atoms with Crippen molar-refractivity contribution in [3.63, 3.8) is 0 Å². The number of carbonyl (C=O) groups is 1. The Morgan fingerprint density at radius 3 is 2.88 bits per heavy atom. The molecule has 16 heavy (non-hydrogen) atoms. The number of hydrogen-bond acceptors (Lipinski definition) is 3. The predicted molar refractivity (Wildman–Crippen MR) is 60.4 cm³/mol. The smallest absolute Gasteiger partial charge is 0.303 e. The fraction of sp³-hybridized carbons (Fsp3) is 0.917. The number of carboxylic acid groups (broad SMARTS) is 1.